The maximum atomic E-state index is 13.7. The van der Waals surface area contributed by atoms with Gasteiger partial charge in [-0.05, 0) is 80.8 Å². The van der Waals surface area contributed by atoms with Crippen LogP contribution in [-0.2, 0) is 16.1 Å². The normalized spacial score (nSPS) is 15.1. The molecule has 0 spiro atoms. The molecule has 184 valence electrons. The van der Waals surface area contributed by atoms with E-state index in [1.165, 1.54) is 16.9 Å². The van der Waals surface area contributed by atoms with E-state index in [1.807, 2.05) is 20.8 Å². The number of amides is 2. The van der Waals surface area contributed by atoms with Gasteiger partial charge in [-0.3, -0.25) is 14.6 Å². The van der Waals surface area contributed by atoms with E-state index in [9.17, 15) is 14.0 Å². The van der Waals surface area contributed by atoms with Crippen LogP contribution in [-0.4, -0.2) is 53.5 Å². The van der Waals surface area contributed by atoms with Crippen LogP contribution in [0.2, 0.25) is 0 Å². The lowest BCUT2D eigenvalue weighted by molar-refractivity contribution is -0.147. The number of halogens is 1. The summed E-state index contributed by atoms with van der Waals surface area (Å²) >= 11 is 0. The summed E-state index contributed by atoms with van der Waals surface area (Å²) in [5, 5.41) is 15.4. The molecule has 1 aliphatic rings. The van der Waals surface area contributed by atoms with E-state index in [1.54, 1.807) is 41.6 Å². The number of pyridine rings is 1. The minimum Gasteiger partial charge on any atom is -0.351 e. The molecule has 1 atom stereocenters. The summed E-state index contributed by atoms with van der Waals surface area (Å²) < 4.78 is 13.2. The Morgan fingerprint density at radius 1 is 1.11 bits per heavy atom. The van der Waals surface area contributed by atoms with Gasteiger partial charge < -0.3 is 10.2 Å². The van der Waals surface area contributed by atoms with Gasteiger partial charge in [0.1, 0.15) is 18.4 Å². The fourth-order valence-corrected chi connectivity index (χ4v) is 4.44. The van der Waals surface area contributed by atoms with Crippen molar-refractivity contribution in [3.8, 4) is 11.4 Å². The predicted molar refractivity (Wildman–Crippen MR) is 127 cm³/mol. The van der Waals surface area contributed by atoms with Crippen LogP contribution >= 0.6 is 0 Å². The van der Waals surface area contributed by atoms with E-state index in [0.717, 1.165) is 25.7 Å². The van der Waals surface area contributed by atoms with Crippen LogP contribution in [0.5, 0.6) is 0 Å². The van der Waals surface area contributed by atoms with Gasteiger partial charge in [0.2, 0.25) is 17.6 Å². The molecule has 9 nitrogen and oxygen atoms in total. The Morgan fingerprint density at radius 2 is 1.77 bits per heavy atom. The smallest absolute Gasteiger partial charge is 0.247 e. The molecule has 2 amide bonds. The third kappa shape index (κ3) is 5.87. The zero-order chi connectivity index (χ0) is 25.0. The Labute approximate surface area is 203 Å². The molecule has 4 rings (SSSR count). The molecule has 1 saturated carbocycles. The fraction of sp³-hybridized carbons (Fsp3) is 0.440. The number of hydrogen-bond donors (Lipinski definition) is 1. The Bertz CT molecular complexity index is 1150. The van der Waals surface area contributed by atoms with Crippen molar-refractivity contribution in [2.75, 3.05) is 0 Å². The van der Waals surface area contributed by atoms with E-state index < -0.39 is 11.6 Å². The molecule has 3 aromatic rings. The van der Waals surface area contributed by atoms with Crippen LogP contribution in [0.15, 0.2) is 48.8 Å². The molecule has 0 radical (unpaired) electrons. The van der Waals surface area contributed by atoms with Crippen LogP contribution in [0.3, 0.4) is 0 Å². The lowest BCUT2D eigenvalue weighted by atomic mass is 9.97. The van der Waals surface area contributed by atoms with Crippen molar-refractivity contribution in [2.24, 2.45) is 0 Å². The minimum atomic E-state index is -0.841. The first-order valence-corrected chi connectivity index (χ1v) is 11.8. The van der Waals surface area contributed by atoms with Crippen molar-refractivity contribution in [2.45, 2.75) is 70.6 Å². The molecular formula is C25H30FN7O2. The Balaban J connectivity index is 1.61. The highest BCUT2D eigenvalue weighted by Crippen LogP contribution is 2.30. The molecule has 0 saturated heterocycles. The quantitative estimate of drug-likeness (QED) is 0.557. The number of rotatable bonds is 7. The third-order valence-electron chi connectivity index (χ3n) is 6.05. The lowest BCUT2D eigenvalue weighted by Gasteiger charge is -2.41. The number of hydrogen-bond acceptors (Lipinski definition) is 6. The molecule has 10 heteroatoms. The second-order valence-electron chi connectivity index (χ2n) is 9.76. The van der Waals surface area contributed by atoms with Crippen LogP contribution in [0.4, 0.5) is 4.39 Å². The Morgan fingerprint density at radius 3 is 2.40 bits per heavy atom. The van der Waals surface area contributed by atoms with Crippen molar-refractivity contribution < 1.29 is 14.0 Å². The lowest BCUT2D eigenvalue weighted by Crippen LogP contribution is -2.54. The van der Waals surface area contributed by atoms with Crippen molar-refractivity contribution >= 4 is 11.8 Å². The van der Waals surface area contributed by atoms with Crippen molar-refractivity contribution in [1.82, 2.24) is 35.4 Å². The summed E-state index contributed by atoms with van der Waals surface area (Å²) in [5.41, 5.74) is 0.582. The van der Waals surface area contributed by atoms with Crippen LogP contribution in [0, 0.1) is 5.82 Å². The van der Waals surface area contributed by atoms with Gasteiger partial charge in [0.15, 0.2) is 0 Å². The average molecular weight is 480 g/mol. The molecule has 1 aromatic carbocycles. The van der Waals surface area contributed by atoms with Gasteiger partial charge >= 0.3 is 0 Å². The molecule has 0 unspecified atom stereocenters. The number of carbonyl (C=O) groups excluding carboxylic acids is 2. The second kappa shape index (κ2) is 10.3. The fourth-order valence-electron chi connectivity index (χ4n) is 4.44. The standard InChI is InChI=1S/C25H30FN7O2/c1-25(2,3)33(21(34)16-32-30-23(29-31-32)18-8-10-19(26)11-9-18)22(17-12-14-27-15-13-17)24(35)28-20-6-4-5-7-20/h8-15,20,22H,4-7,16H2,1-3H3,(H,28,35)/t22-/m0/s1. The number of aromatic nitrogens is 5. The summed E-state index contributed by atoms with van der Waals surface area (Å²) in [5.74, 6) is -0.631. The second-order valence-corrected chi connectivity index (χ2v) is 9.76. The monoisotopic (exact) mass is 479 g/mol. The Hall–Kier alpha value is -3.69. The van der Waals surface area contributed by atoms with Crippen LogP contribution in [0.1, 0.15) is 58.1 Å². The summed E-state index contributed by atoms with van der Waals surface area (Å²) in [6, 6.07) is 8.50. The highest BCUT2D eigenvalue weighted by atomic mass is 19.1. The van der Waals surface area contributed by atoms with Crippen molar-refractivity contribution in [1.29, 1.82) is 0 Å². The zero-order valence-corrected chi connectivity index (χ0v) is 20.2. The van der Waals surface area contributed by atoms with Gasteiger partial charge in [-0.2, -0.15) is 4.80 Å². The predicted octanol–water partition coefficient (Wildman–Crippen LogP) is 3.30. The number of carbonyl (C=O) groups is 2. The topological polar surface area (TPSA) is 106 Å². The SMILES string of the molecule is CC(C)(C)N(C(=O)Cn1nnc(-c2ccc(F)cc2)n1)[C@H](C(=O)NC1CCCC1)c1ccncc1. The highest BCUT2D eigenvalue weighted by molar-refractivity contribution is 5.89. The summed E-state index contributed by atoms with van der Waals surface area (Å²) in [6.45, 7) is 5.46. The van der Waals surface area contributed by atoms with E-state index in [2.05, 4.69) is 25.7 Å². The van der Waals surface area contributed by atoms with E-state index in [0.29, 0.717) is 11.1 Å². The molecule has 2 aromatic heterocycles. The molecule has 1 fully saturated rings. The summed E-state index contributed by atoms with van der Waals surface area (Å²) in [7, 11) is 0. The van der Waals surface area contributed by atoms with Gasteiger partial charge in [-0.25, -0.2) is 4.39 Å². The maximum Gasteiger partial charge on any atom is 0.247 e. The molecule has 0 bridgehead atoms. The summed E-state index contributed by atoms with van der Waals surface area (Å²) in [6.07, 6.45) is 7.28. The van der Waals surface area contributed by atoms with Crippen LogP contribution in [0.25, 0.3) is 11.4 Å². The number of benzene rings is 1. The van der Waals surface area contributed by atoms with Gasteiger partial charge in [-0.1, -0.05) is 12.8 Å². The molecule has 1 N–H and O–H groups in total. The first-order chi connectivity index (χ1) is 16.7. The number of tetrazole rings is 1. The van der Waals surface area contributed by atoms with Gasteiger partial charge in [-0.15, -0.1) is 10.2 Å². The maximum absolute atomic E-state index is 13.7. The first-order valence-electron chi connectivity index (χ1n) is 11.8. The molecule has 2 heterocycles. The molecule has 35 heavy (non-hydrogen) atoms. The van der Waals surface area contributed by atoms with Crippen molar-refractivity contribution in [3.05, 3.63) is 60.2 Å². The number of nitrogens with one attached hydrogen (secondary N) is 1. The molecule has 0 aliphatic heterocycles. The third-order valence-corrected chi connectivity index (χ3v) is 6.05. The van der Waals surface area contributed by atoms with Gasteiger partial charge in [0.25, 0.3) is 0 Å². The van der Waals surface area contributed by atoms with E-state index in [4.69, 9.17) is 0 Å². The van der Waals surface area contributed by atoms with Crippen LogP contribution < -0.4 is 5.32 Å². The van der Waals surface area contributed by atoms with Crippen molar-refractivity contribution in [3.63, 3.8) is 0 Å². The Kier molecular flexibility index (Phi) is 7.18. The van der Waals surface area contributed by atoms with Gasteiger partial charge in [0, 0.05) is 29.5 Å². The number of nitrogens with zero attached hydrogens (tertiary/aromatic N) is 6. The first kappa shape index (κ1) is 24.4. The molecular weight excluding hydrogens is 449 g/mol. The average Bonchev–Trinajstić information content (AvgIpc) is 3.50. The van der Waals surface area contributed by atoms with E-state index >= 15 is 0 Å². The molecule has 1 aliphatic carbocycles. The van der Waals surface area contributed by atoms with Gasteiger partial charge in [0.05, 0.1) is 0 Å². The minimum absolute atomic E-state index is 0.110. The zero-order valence-electron chi connectivity index (χ0n) is 20.2. The largest absolute Gasteiger partial charge is 0.351 e. The highest BCUT2D eigenvalue weighted by Gasteiger charge is 2.39. The summed E-state index contributed by atoms with van der Waals surface area (Å²) in [4.78, 5) is 34.1. The van der Waals surface area contributed by atoms with E-state index in [-0.39, 0.29) is 36.0 Å².